The normalized spacial score (nSPS) is 40.9. The lowest BCUT2D eigenvalue weighted by molar-refractivity contribution is -0.333. The van der Waals surface area contributed by atoms with Crippen LogP contribution in [0, 0.1) is 0 Å². The number of carbonyl (C=O) groups is 1. The average molecular weight is 604 g/mol. The lowest BCUT2D eigenvalue weighted by Crippen LogP contribution is -2.67. The van der Waals surface area contributed by atoms with E-state index in [1.807, 2.05) is 0 Å². The fourth-order valence-corrected chi connectivity index (χ4v) is 5.01. The molecule has 0 aliphatic carbocycles. The summed E-state index contributed by atoms with van der Waals surface area (Å²) in [6.45, 7) is -2.03. The van der Waals surface area contributed by atoms with Gasteiger partial charge in [-0.1, -0.05) is 6.42 Å². The summed E-state index contributed by atoms with van der Waals surface area (Å²) in [5, 5.41) is 122. The minimum atomic E-state index is -2.92. The topological polar surface area (TPSA) is 300 Å². The SMILES string of the molecule is O=C(O)[C@](O)([C@@H](O)[C@H](O)[C@H](O)CO[C@H]1O[C@H](CO[C@H]2O[C@H](CO)[C@@H](O)[C@H](O)[C@H]2O)[C@@H](O)[C@H](O)[C@H]1O)N1CCCCC1. The summed E-state index contributed by atoms with van der Waals surface area (Å²) in [4.78, 5) is 12.9. The van der Waals surface area contributed by atoms with Crippen LogP contribution < -0.4 is 0 Å². The minimum absolute atomic E-state index is 0.119. The molecule has 0 aromatic rings. The van der Waals surface area contributed by atoms with Crippen molar-refractivity contribution in [2.45, 2.75) is 105 Å². The van der Waals surface area contributed by atoms with E-state index in [0.717, 1.165) is 11.3 Å². The van der Waals surface area contributed by atoms with Gasteiger partial charge in [0.1, 0.15) is 67.1 Å². The quantitative estimate of drug-likeness (QED) is 0.0986. The second kappa shape index (κ2) is 14.5. The molecule has 0 amide bonds. The average Bonchev–Trinajstić information content (AvgIpc) is 2.97. The molecule has 14 atom stereocenters. The van der Waals surface area contributed by atoms with Gasteiger partial charge in [-0.25, -0.2) is 4.79 Å². The van der Waals surface area contributed by atoms with E-state index in [2.05, 4.69) is 0 Å². The van der Waals surface area contributed by atoms with Gasteiger partial charge in [-0.15, -0.1) is 0 Å². The molecular weight excluding hydrogens is 562 g/mol. The van der Waals surface area contributed by atoms with E-state index in [9.17, 15) is 66.1 Å². The summed E-state index contributed by atoms with van der Waals surface area (Å²) in [6.07, 6.45) is -21.6. The van der Waals surface area contributed by atoms with Crippen LogP contribution in [0.2, 0.25) is 0 Å². The zero-order chi connectivity index (χ0) is 30.6. The number of aliphatic hydroxyl groups excluding tert-OH is 10. The first kappa shape index (κ1) is 34.3. The molecule has 0 aromatic carbocycles. The molecule has 3 aliphatic rings. The van der Waals surface area contributed by atoms with Crippen LogP contribution in [0.4, 0.5) is 0 Å². The predicted molar refractivity (Wildman–Crippen MR) is 128 cm³/mol. The van der Waals surface area contributed by atoms with Crippen molar-refractivity contribution >= 4 is 5.97 Å². The van der Waals surface area contributed by atoms with Crippen LogP contribution in [0.3, 0.4) is 0 Å². The van der Waals surface area contributed by atoms with Crippen molar-refractivity contribution in [2.75, 3.05) is 32.9 Å². The highest BCUT2D eigenvalue weighted by Crippen LogP contribution is 2.28. The number of ether oxygens (including phenoxy) is 4. The molecule has 0 aromatic heterocycles. The van der Waals surface area contributed by atoms with Crippen molar-refractivity contribution < 1.29 is 85.0 Å². The van der Waals surface area contributed by atoms with Crippen LogP contribution in [0.1, 0.15) is 19.3 Å². The Morgan fingerprint density at radius 1 is 0.805 bits per heavy atom. The Bertz CT molecular complexity index is 832. The lowest BCUT2D eigenvalue weighted by Gasteiger charge is -2.43. The van der Waals surface area contributed by atoms with Crippen LogP contribution in [0.25, 0.3) is 0 Å². The Hall–Kier alpha value is -1.17. The highest BCUT2D eigenvalue weighted by Gasteiger charge is 2.54. The van der Waals surface area contributed by atoms with Crippen LogP contribution in [-0.4, -0.2) is 191 Å². The number of carboxylic acids is 1. The van der Waals surface area contributed by atoms with E-state index in [1.54, 1.807) is 0 Å². The maximum atomic E-state index is 11.9. The summed E-state index contributed by atoms with van der Waals surface area (Å²) in [6, 6.07) is 0. The highest BCUT2D eigenvalue weighted by molar-refractivity contribution is 5.77. The van der Waals surface area contributed by atoms with Crippen molar-refractivity contribution in [3.05, 3.63) is 0 Å². The van der Waals surface area contributed by atoms with Crippen molar-refractivity contribution in [2.24, 2.45) is 0 Å². The molecule has 0 spiro atoms. The van der Waals surface area contributed by atoms with E-state index in [4.69, 9.17) is 18.9 Å². The largest absolute Gasteiger partial charge is 0.478 e. The molecule has 18 heteroatoms. The molecule has 0 unspecified atom stereocenters. The smallest absolute Gasteiger partial charge is 0.354 e. The summed E-state index contributed by atoms with van der Waals surface area (Å²) in [5.74, 6) is -1.84. The van der Waals surface area contributed by atoms with Gasteiger partial charge < -0.3 is 80.2 Å². The van der Waals surface area contributed by atoms with Gasteiger partial charge in [0.25, 0.3) is 0 Å². The third kappa shape index (κ3) is 7.32. The van der Waals surface area contributed by atoms with Gasteiger partial charge >= 0.3 is 5.97 Å². The van der Waals surface area contributed by atoms with Crippen molar-refractivity contribution in [3.8, 4) is 0 Å². The number of aliphatic hydroxyl groups is 11. The number of rotatable bonds is 12. The fourth-order valence-electron chi connectivity index (χ4n) is 5.01. The minimum Gasteiger partial charge on any atom is -0.478 e. The Labute approximate surface area is 234 Å². The molecule has 240 valence electrons. The van der Waals surface area contributed by atoms with Gasteiger partial charge in [-0.05, 0) is 12.8 Å². The maximum absolute atomic E-state index is 11.9. The fraction of sp³-hybridized carbons (Fsp3) is 0.957. The molecule has 3 aliphatic heterocycles. The highest BCUT2D eigenvalue weighted by atomic mass is 16.7. The number of hydrogen-bond acceptors (Lipinski definition) is 17. The number of carboxylic acid groups (broad SMARTS) is 1. The van der Waals surface area contributed by atoms with Crippen molar-refractivity contribution in [3.63, 3.8) is 0 Å². The van der Waals surface area contributed by atoms with Crippen molar-refractivity contribution in [1.82, 2.24) is 4.90 Å². The van der Waals surface area contributed by atoms with E-state index >= 15 is 0 Å². The van der Waals surface area contributed by atoms with Crippen LogP contribution in [0.5, 0.6) is 0 Å². The molecule has 41 heavy (non-hydrogen) atoms. The molecule has 3 fully saturated rings. The summed E-state index contributed by atoms with van der Waals surface area (Å²) < 4.78 is 21.1. The molecule has 12 N–H and O–H groups in total. The number of hydrogen-bond donors (Lipinski definition) is 12. The second-order valence-corrected chi connectivity index (χ2v) is 10.5. The van der Waals surface area contributed by atoms with Crippen LogP contribution in [0.15, 0.2) is 0 Å². The Morgan fingerprint density at radius 2 is 1.32 bits per heavy atom. The van der Waals surface area contributed by atoms with Crippen LogP contribution >= 0.6 is 0 Å². The first-order chi connectivity index (χ1) is 19.2. The molecule has 0 saturated carbocycles. The van der Waals surface area contributed by atoms with E-state index in [0.29, 0.717) is 12.8 Å². The van der Waals surface area contributed by atoms with Gasteiger partial charge in [0.15, 0.2) is 12.6 Å². The molecule has 3 heterocycles. The monoisotopic (exact) mass is 603 g/mol. The summed E-state index contributed by atoms with van der Waals surface area (Å²) in [7, 11) is 0. The number of piperidine rings is 1. The van der Waals surface area contributed by atoms with E-state index in [-0.39, 0.29) is 13.1 Å². The Balaban J connectivity index is 1.60. The molecule has 0 bridgehead atoms. The van der Waals surface area contributed by atoms with Gasteiger partial charge in [0.05, 0.1) is 19.8 Å². The lowest BCUT2D eigenvalue weighted by atomic mass is 9.94. The number of aliphatic carboxylic acids is 1. The zero-order valence-corrected chi connectivity index (χ0v) is 22.0. The van der Waals surface area contributed by atoms with Gasteiger partial charge in [-0.2, -0.15) is 0 Å². The van der Waals surface area contributed by atoms with E-state index < -0.39 is 111 Å². The Morgan fingerprint density at radius 3 is 1.85 bits per heavy atom. The summed E-state index contributed by atoms with van der Waals surface area (Å²) in [5.41, 5.74) is -2.92. The first-order valence-electron chi connectivity index (χ1n) is 13.2. The molecular formula is C23H41NO17. The first-order valence-corrected chi connectivity index (χ1v) is 13.2. The zero-order valence-electron chi connectivity index (χ0n) is 22.0. The van der Waals surface area contributed by atoms with Gasteiger partial charge in [-0.3, -0.25) is 4.90 Å². The third-order valence-electron chi connectivity index (χ3n) is 7.66. The van der Waals surface area contributed by atoms with Gasteiger partial charge in [0.2, 0.25) is 5.72 Å². The molecule has 0 radical (unpaired) electrons. The Kier molecular flexibility index (Phi) is 12.2. The number of likely N-dealkylation sites (tertiary alicyclic amines) is 1. The maximum Gasteiger partial charge on any atom is 0.354 e. The van der Waals surface area contributed by atoms with Gasteiger partial charge in [0, 0.05) is 13.1 Å². The molecule has 3 saturated heterocycles. The predicted octanol–water partition coefficient (Wildman–Crippen LogP) is -7.03. The summed E-state index contributed by atoms with van der Waals surface area (Å²) >= 11 is 0. The standard InChI is InChI=1S/C23H41NO17/c25-6-10-13(28)15(30)17(32)21(40-10)39-8-11-14(29)16(31)18(33)20(41-11)38-7-9(26)12(27)19(34)23(37,22(35)36)24-4-2-1-3-5-24/h9-21,25-34,37H,1-8H2,(H,35,36)/t9-,10-,11-,12-,13-,14-,15+,16+,17-,18-,19+,20+,21+,23-/m1/s1. The van der Waals surface area contributed by atoms with E-state index in [1.165, 1.54) is 0 Å². The number of nitrogens with zero attached hydrogens (tertiary/aromatic N) is 1. The molecule has 18 nitrogen and oxygen atoms in total. The van der Waals surface area contributed by atoms with Crippen LogP contribution in [-0.2, 0) is 23.7 Å². The van der Waals surface area contributed by atoms with Crippen molar-refractivity contribution in [1.29, 1.82) is 0 Å². The second-order valence-electron chi connectivity index (χ2n) is 10.5. The molecule has 3 rings (SSSR count). The third-order valence-corrected chi connectivity index (χ3v) is 7.66.